The zero-order valence-corrected chi connectivity index (χ0v) is 11.8. The van der Waals surface area contributed by atoms with Crippen molar-refractivity contribution >= 4 is 15.6 Å². The highest BCUT2D eigenvalue weighted by atomic mass is 31.2. The topological polar surface area (TPSA) is 134 Å². The third-order valence-corrected chi connectivity index (χ3v) is 2.94. The van der Waals surface area contributed by atoms with Crippen molar-refractivity contribution in [3.8, 4) is 0 Å². The van der Waals surface area contributed by atoms with E-state index in [2.05, 4.69) is 9.05 Å². The zero-order chi connectivity index (χ0) is 14.1. The van der Waals surface area contributed by atoms with Crippen LogP contribution in [0.1, 0.15) is 27.7 Å². The Hall–Kier alpha value is 0.220. The van der Waals surface area contributed by atoms with Crippen LogP contribution >= 0.6 is 15.6 Å². The Bertz CT molecular complexity index is 336. The lowest BCUT2D eigenvalue weighted by atomic mass is 9.86. The van der Waals surface area contributed by atoms with Gasteiger partial charge in [-0.3, -0.25) is 9.05 Å². The van der Waals surface area contributed by atoms with Crippen molar-refractivity contribution in [3.05, 3.63) is 0 Å². The van der Waals surface area contributed by atoms with Crippen LogP contribution in [-0.4, -0.2) is 31.8 Å². The molecular formula is C7H18O8P2. The van der Waals surface area contributed by atoms with Crippen molar-refractivity contribution in [2.45, 2.75) is 39.9 Å². The Balaban J connectivity index is 4.95. The summed E-state index contributed by atoms with van der Waals surface area (Å²) in [6, 6.07) is 0. The van der Waals surface area contributed by atoms with Crippen LogP contribution in [0.15, 0.2) is 0 Å². The van der Waals surface area contributed by atoms with Gasteiger partial charge in [-0.1, -0.05) is 20.8 Å². The van der Waals surface area contributed by atoms with Crippen molar-refractivity contribution in [1.29, 1.82) is 0 Å². The molecular weight excluding hydrogens is 274 g/mol. The highest BCUT2D eigenvalue weighted by Crippen LogP contribution is 2.46. The predicted molar refractivity (Wildman–Crippen MR) is 59.0 cm³/mol. The maximum absolute atomic E-state index is 10.8. The molecule has 0 aliphatic carbocycles. The molecule has 4 N–H and O–H groups in total. The molecule has 10 heteroatoms. The molecule has 8 nitrogen and oxygen atoms in total. The van der Waals surface area contributed by atoms with Crippen molar-refractivity contribution in [3.63, 3.8) is 0 Å². The third kappa shape index (κ3) is 8.02. The van der Waals surface area contributed by atoms with E-state index in [1.807, 2.05) is 0 Å². The molecule has 104 valence electrons. The Morgan fingerprint density at radius 1 is 0.941 bits per heavy atom. The molecule has 0 radical (unpaired) electrons. The summed E-state index contributed by atoms with van der Waals surface area (Å²) in [4.78, 5) is 34.8. The van der Waals surface area contributed by atoms with E-state index in [4.69, 9.17) is 19.6 Å². The molecule has 2 unspecified atom stereocenters. The van der Waals surface area contributed by atoms with E-state index in [1.165, 1.54) is 6.92 Å². The van der Waals surface area contributed by atoms with Gasteiger partial charge in [0.2, 0.25) is 0 Å². The van der Waals surface area contributed by atoms with E-state index in [0.717, 1.165) is 0 Å². The molecule has 0 saturated carbocycles. The highest BCUT2D eigenvalue weighted by Gasteiger charge is 2.39. The summed E-state index contributed by atoms with van der Waals surface area (Å²) in [5.74, 6) is 0. The fraction of sp³-hybridized carbons (Fsp3) is 1.00. The van der Waals surface area contributed by atoms with Gasteiger partial charge < -0.3 is 19.6 Å². The second-order valence-corrected chi connectivity index (χ2v) is 7.07. The lowest BCUT2D eigenvalue weighted by molar-refractivity contribution is -0.0319. The Morgan fingerprint density at radius 2 is 1.29 bits per heavy atom. The maximum atomic E-state index is 10.8. The quantitative estimate of drug-likeness (QED) is 0.551. The molecule has 2 atom stereocenters. The summed E-state index contributed by atoms with van der Waals surface area (Å²) in [6.45, 7) is 6.08. The first-order valence-corrected chi connectivity index (χ1v) is 7.76. The second-order valence-electron chi connectivity index (χ2n) is 4.68. The average Bonchev–Trinajstić information content (AvgIpc) is 1.92. The van der Waals surface area contributed by atoms with Gasteiger partial charge in [-0.2, -0.15) is 0 Å². The number of rotatable bonds is 5. The third-order valence-electron chi connectivity index (χ3n) is 1.83. The lowest BCUT2D eigenvalue weighted by Gasteiger charge is -2.34. The van der Waals surface area contributed by atoms with Gasteiger partial charge in [0, 0.05) is 0 Å². The summed E-state index contributed by atoms with van der Waals surface area (Å²) in [5, 5.41) is 0. The normalized spacial score (nSPS) is 17.9. The van der Waals surface area contributed by atoms with Crippen LogP contribution in [0.3, 0.4) is 0 Å². The largest absolute Gasteiger partial charge is 0.469 e. The van der Waals surface area contributed by atoms with Gasteiger partial charge in [0.1, 0.15) is 6.10 Å². The second kappa shape index (κ2) is 5.47. The molecule has 0 aromatic rings. The molecule has 0 saturated heterocycles. The van der Waals surface area contributed by atoms with Gasteiger partial charge >= 0.3 is 15.6 Å². The van der Waals surface area contributed by atoms with Crippen molar-refractivity contribution < 1.29 is 37.8 Å². The van der Waals surface area contributed by atoms with Gasteiger partial charge in [0.05, 0.1) is 6.10 Å². The van der Waals surface area contributed by atoms with Gasteiger partial charge in [0.25, 0.3) is 0 Å². The fourth-order valence-electron chi connectivity index (χ4n) is 1.37. The van der Waals surface area contributed by atoms with Gasteiger partial charge in [-0.15, -0.1) is 0 Å². The predicted octanol–water partition coefficient (Wildman–Crippen LogP) is 1.01. The van der Waals surface area contributed by atoms with Crippen LogP contribution in [0.4, 0.5) is 0 Å². The smallest absolute Gasteiger partial charge is 0.303 e. The number of hydrogen-bond acceptors (Lipinski definition) is 4. The molecule has 0 aromatic carbocycles. The monoisotopic (exact) mass is 292 g/mol. The summed E-state index contributed by atoms with van der Waals surface area (Å²) < 4.78 is 30.3. The van der Waals surface area contributed by atoms with Crippen LogP contribution < -0.4 is 0 Å². The zero-order valence-electron chi connectivity index (χ0n) is 9.97. The summed E-state index contributed by atoms with van der Waals surface area (Å²) in [7, 11) is -9.51. The molecule has 0 bridgehead atoms. The van der Waals surface area contributed by atoms with Gasteiger partial charge in [-0.25, -0.2) is 9.13 Å². The average molecular weight is 292 g/mol. The van der Waals surface area contributed by atoms with E-state index in [1.54, 1.807) is 20.8 Å². The van der Waals surface area contributed by atoms with E-state index >= 15 is 0 Å². The fourth-order valence-corrected chi connectivity index (χ4v) is 2.69. The molecule has 0 rings (SSSR count). The summed E-state index contributed by atoms with van der Waals surface area (Å²) in [6.07, 6.45) is -2.35. The first-order valence-electron chi connectivity index (χ1n) is 4.70. The standard InChI is InChI=1S/C7H18O8P2/c1-5(14-16(8,9)10)6(7(2,3)4)15-17(11,12)13/h5-6H,1-4H3,(H2,8,9,10)(H2,11,12,13). The van der Waals surface area contributed by atoms with E-state index < -0.39 is 33.3 Å². The van der Waals surface area contributed by atoms with Crippen molar-refractivity contribution in [2.24, 2.45) is 5.41 Å². The Labute approximate surface area is 99.4 Å². The van der Waals surface area contributed by atoms with Crippen LogP contribution in [0, 0.1) is 5.41 Å². The summed E-state index contributed by atoms with van der Waals surface area (Å²) in [5.41, 5.74) is -0.768. The molecule has 0 aliphatic rings. The van der Waals surface area contributed by atoms with Gasteiger partial charge in [0.15, 0.2) is 0 Å². The highest BCUT2D eigenvalue weighted by molar-refractivity contribution is 7.46. The van der Waals surface area contributed by atoms with E-state index in [-0.39, 0.29) is 0 Å². The number of phosphoric acid groups is 2. The first-order chi connectivity index (χ1) is 7.22. The molecule has 0 spiro atoms. The van der Waals surface area contributed by atoms with Crippen molar-refractivity contribution in [2.75, 3.05) is 0 Å². The maximum Gasteiger partial charge on any atom is 0.469 e. The van der Waals surface area contributed by atoms with Crippen LogP contribution in [-0.2, 0) is 18.2 Å². The number of phosphoric ester groups is 2. The Kier molecular flexibility index (Phi) is 5.54. The summed E-state index contributed by atoms with van der Waals surface area (Å²) >= 11 is 0. The number of hydrogen-bond donors (Lipinski definition) is 4. The van der Waals surface area contributed by atoms with E-state index in [0.29, 0.717) is 0 Å². The first kappa shape index (κ1) is 17.2. The molecule has 0 fully saturated rings. The van der Waals surface area contributed by atoms with E-state index in [9.17, 15) is 9.13 Å². The molecule has 0 aliphatic heterocycles. The minimum absolute atomic E-state index is 0.768. The minimum atomic E-state index is -4.77. The SMILES string of the molecule is CC(OP(=O)(O)O)C(OP(=O)(O)O)C(C)(C)C. The molecule has 0 aromatic heterocycles. The van der Waals surface area contributed by atoms with Crippen LogP contribution in [0.2, 0.25) is 0 Å². The minimum Gasteiger partial charge on any atom is -0.303 e. The molecule has 17 heavy (non-hydrogen) atoms. The molecule has 0 amide bonds. The van der Waals surface area contributed by atoms with Crippen LogP contribution in [0.5, 0.6) is 0 Å². The van der Waals surface area contributed by atoms with Crippen molar-refractivity contribution in [1.82, 2.24) is 0 Å². The lowest BCUT2D eigenvalue weighted by Crippen LogP contribution is -2.39. The molecule has 0 heterocycles. The Morgan fingerprint density at radius 3 is 1.53 bits per heavy atom. The van der Waals surface area contributed by atoms with Gasteiger partial charge in [-0.05, 0) is 12.3 Å². The van der Waals surface area contributed by atoms with Crippen LogP contribution in [0.25, 0.3) is 0 Å².